The van der Waals surface area contributed by atoms with E-state index in [-0.39, 0.29) is 17.5 Å². The fourth-order valence-corrected chi connectivity index (χ4v) is 2.18. The number of carbonyl (C=O) groups excluding carboxylic acids is 1. The van der Waals surface area contributed by atoms with Gasteiger partial charge in [-0.1, -0.05) is 12.1 Å². The van der Waals surface area contributed by atoms with Crippen molar-refractivity contribution in [3.63, 3.8) is 0 Å². The minimum Gasteiger partial charge on any atom is -0.366 e. The van der Waals surface area contributed by atoms with Gasteiger partial charge < -0.3 is 11.1 Å². The number of benzene rings is 1. The van der Waals surface area contributed by atoms with E-state index in [9.17, 15) is 18.0 Å². The monoisotopic (exact) mass is 317 g/mol. The molecule has 0 atom stereocenters. The topological polar surface area (TPSA) is 96.7 Å². The lowest BCUT2D eigenvalue weighted by Crippen LogP contribution is -2.15. The highest BCUT2D eigenvalue weighted by molar-refractivity contribution is 7.99. The molecule has 0 bridgehead atoms. The number of para-hydroxylation sites is 1. The number of halogens is 3. The van der Waals surface area contributed by atoms with Crippen molar-refractivity contribution < 1.29 is 18.0 Å². The summed E-state index contributed by atoms with van der Waals surface area (Å²) in [5, 5.41) is 8.27. The van der Waals surface area contributed by atoms with Crippen LogP contribution in [0, 0.1) is 0 Å². The Hall–Kier alpha value is -2.23. The van der Waals surface area contributed by atoms with Gasteiger partial charge in [0.05, 0.1) is 11.4 Å². The van der Waals surface area contributed by atoms with Crippen LogP contribution in [-0.4, -0.2) is 33.0 Å². The number of aromatic nitrogens is 3. The molecule has 21 heavy (non-hydrogen) atoms. The first kappa shape index (κ1) is 15.2. The highest BCUT2D eigenvalue weighted by Gasteiger charge is 2.27. The number of hydrogen-bond acceptors (Lipinski definition) is 5. The summed E-state index contributed by atoms with van der Waals surface area (Å²) in [6, 6.07) is 6.17. The van der Waals surface area contributed by atoms with Crippen molar-refractivity contribution in [3.05, 3.63) is 30.1 Å². The maximum absolute atomic E-state index is 12.3. The summed E-state index contributed by atoms with van der Waals surface area (Å²) in [5.41, 5.74) is 5.53. The van der Waals surface area contributed by atoms with Crippen LogP contribution in [0.15, 0.2) is 29.2 Å². The molecule has 1 amide bonds. The molecule has 4 N–H and O–H groups in total. The van der Waals surface area contributed by atoms with Crippen molar-refractivity contribution >= 4 is 29.3 Å². The molecule has 0 fully saturated rings. The summed E-state index contributed by atoms with van der Waals surface area (Å²) >= 11 is 0.586. The lowest BCUT2D eigenvalue weighted by Gasteiger charge is -2.11. The van der Waals surface area contributed by atoms with Gasteiger partial charge in [-0.15, -0.1) is 16.9 Å². The van der Waals surface area contributed by atoms with Crippen LogP contribution in [0.5, 0.6) is 0 Å². The van der Waals surface area contributed by atoms with Gasteiger partial charge in [-0.3, -0.25) is 9.89 Å². The van der Waals surface area contributed by atoms with E-state index in [1.54, 1.807) is 12.1 Å². The molecule has 6 nitrogen and oxygen atoms in total. The van der Waals surface area contributed by atoms with E-state index in [1.807, 2.05) is 0 Å². The Kier molecular flexibility index (Phi) is 4.36. The molecule has 2 aromatic rings. The molecule has 0 aliphatic rings. The van der Waals surface area contributed by atoms with Crippen LogP contribution in [-0.2, 0) is 0 Å². The second-order valence-corrected chi connectivity index (χ2v) is 4.91. The lowest BCUT2D eigenvalue weighted by molar-refractivity contribution is -0.105. The molecule has 2 rings (SSSR count). The van der Waals surface area contributed by atoms with E-state index in [2.05, 4.69) is 20.5 Å². The average Bonchev–Trinajstić information content (AvgIpc) is 2.83. The number of thioether (sulfide) groups is 1. The zero-order valence-electron chi connectivity index (χ0n) is 10.4. The molecular weight excluding hydrogens is 307 g/mol. The van der Waals surface area contributed by atoms with Crippen LogP contribution in [0.4, 0.5) is 24.8 Å². The molecule has 1 aromatic carbocycles. The molecule has 112 valence electrons. The predicted octanol–water partition coefficient (Wildman–Crippen LogP) is 2.29. The Morgan fingerprint density at radius 2 is 2.10 bits per heavy atom. The van der Waals surface area contributed by atoms with E-state index in [0.29, 0.717) is 16.7 Å². The summed E-state index contributed by atoms with van der Waals surface area (Å²) in [6.07, 6.45) is -4.29. The molecule has 0 aliphatic carbocycles. The fraction of sp³-hybridized carbons (Fsp3) is 0.182. The first-order valence-electron chi connectivity index (χ1n) is 5.63. The molecule has 0 radical (unpaired) electrons. The maximum Gasteiger partial charge on any atom is 0.398 e. The number of nitrogens with one attached hydrogen (secondary N) is 2. The number of hydrogen-bond donors (Lipinski definition) is 3. The number of H-pyrrole nitrogens is 1. The highest BCUT2D eigenvalue weighted by atomic mass is 32.2. The van der Waals surface area contributed by atoms with Gasteiger partial charge in [0.25, 0.3) is 5.91 Å². The third kappa shape index (κ3) is 4.38. The number of nitrogens with zero attached hydrogens (tertiary/aromatic N) is 2. The molecule has 0 aliphatic heterocycles. The number of amides is 1. The normalized spacial score (nSPS) is 11.4. The third-order valence-electron chi connectivity index (χ3n) is 2.24. The van der Waals surface area contributed by atoms with E-state index in [0.717, 1.165) is 0 Å². The Morgan fingerprint density at radius 1 is 1.38 bits per heavy atom. The zero-order valence-corrected chi connectivity index (χ0v) is 11.3. The summed E-state index contributed by atoms with van der Waals surface area (Å²) in [4.78, 5) is 15.8. The summed E-state index contributed by atoms with van der Waals surface area (Å²) in [5.74, 6) is -1.91. The SMILES string of the molecule is Nc1n[nH]c(C(=O)Nc2ccccc2SCC(F)(F)F)n1. The smallest absolute Gasteiger partial charge is 0.366 e. The van der Waals surface area contributed by atoms with Gasteiger partial charge in [0, 0.05) is 4.90 Å². The molecule has 0 spiro atoms. The zero-order chi connectivity index (χ0) is 15.5. The fourth-order valence-electron chi connectivity index (χ4n) is 1.41. The number of rotatable bonds is 4. The number of anilines is 2. The first-order valence-corrected chi connectivity index (χ1v) is 6.61. The highest BCUT2D eigenvalue weighted by Crippen LogP contribution is 2.32. The van der Waals surface area contributed by atoms with E-state index in [1.165, 1.54) is 12.1 Å². The van der Waals surface area contributed by atoms with Crippen molar-refractivity contribution in [1.82, 2.24) is 15.2 Å². The number of nitrogen functional groups attached to an aromatic ring is 1. The predicted molar refractivity (Wildman–Crippen MR) is 72.0 cm³/mol. The molecule has 0 unspecified atom stereocenters. The Morgan fingerprint density at radius 3 is 2.71 bits per heavy atom. The largest absolute Gasteiger partial charge is 0.398 e. The van der Waals surface area contributed by atoms with E-state index in [4.69, 9.17) is 5.73 Å². The lowest BCUT2D eigenvalue weighted by atomic mass is 10.3. The Balaban J connectivity index is 2.11. The van der Waals surface area contributed by atoms with Crippen LogP contribution < -0.4 is 11.1 Å². The number of aromatic amines is 1. The number of nitrogens with two attached hydrogens (primary N) is 1. The van der Waals surface area contributed by atoms with Crippen LogP contribution in [0.25, 0.3) is 0 Å². The van der Waals surface area contributed by atoms with Crippen LogP contribution in [0.2, 0.25) is 0 Å². The van der Waals surface area contributed by atoms with Crippen molar-refractivity contribution in [2.24, 2.45) is 0 Å². The summed E-state index contributed by atoms with van der Waals surface area (Å²) in [7, 11) is 0. The van der Waals surface area contributed by atoms with Gasteiger partial charge in [-0.05, 0) is 12.1 Å². The summed E-state index contributed by atoms with van der Waals surface area (Å²) < 4.78 is 36.8. The van der Waals surface area contributed by atoms with Gasteiger partial charge >= 0.3 is 6.18 Å². The van der Waals surface area contributed by atoms with E-state index >= 15 is 0 Å². The summed E-state index contributed by atoms with van der Waals surface area (Å²) in [6.45, 7) is 0. The van der Waals surface area contributed by atoms with Gasteiger partial charge in [0.2, 0.25) is 11.8 Å². The molecule has 0 saturated heterocycles. The Labute approximate surface area is 121 Å². The van der Waals surface area contributed by atoms with Gasteiger partial charge in [-0.25, -0.2) is 0 Å². The standard InChI is InChI=1S/C11H10F3N5OS/c12-11(13,14)5-21-7-4-2-1-3-6(7)16-9(20)8-17-10(15)19-18-8/h1-4H,5H2,(H,16,20)(H3,15,17,18,19). The van der Waals surface area contributed by atoms with Gasteiger partial charge in [-0.2, -0.15) is 18.2 Å². The third-order valence-corrected chi connectivity index (χ3v) is 3.38. The van der Waals surface area contributed by atoms with Gasteiger partial charge in [0.15, 0.2) is 0 Å². The maximum atomic E-state index is 12.3. The van der Waals surface area contributed by atoms with Crippen LogP contribution in [0.3, 0.4) is 0 Å². The van der Waals surface area contributed by atoms with Crippen molar-refractivity contribution in [1.29, 1.82) is 0 Å². The van der Waals surface area contributed by atoms with E-state index < -0.39 is 17.8 Å². The van der Waals surface area contributed by atoms with Crippen molar-refractivity contribution in [2.45, 2.75) is 11.1 Å². The van der Waals surface area contributed by atoms with Crippen LogP contribution in [0.1, 0.15) is 10.6 Å². The van der Waals surface area contributed by atoms with Crippen molar-refractivity contribution in [3.8, 4) is 0 Å². The molecule has 10 heteroatoms. The second-order valence-electron chi connectivity index (χ2n) is 3.90. The molecule has 1 heterocycles. The average molecular weight is 317 g/mol. The second kappa shape index (κ2) is 6.04. The molecule has 0 saturated carbocycles. The minimum atomic E-state index is -4.29. The number of alkyl halides is 3. The number of carbonyl (C=O) groups is 1. The van der Waals surface area contributed by atoms with Gasteiger partial charge in [0.1, 0.15) is 0 Å². The molecular formula is C11H10F3N5OS. The first-order chi connectivity index (χ1) is 9.85. The van der Waals surface area contributed by atoms with Crippen molar-refractivity contribution in [2.75, 3.05) is 16.8 Å². The quantitative estimate of drug-likeness (QED) is 0.752. The molecule has 1 aromatic heterocycles. The van der Waals surface area contributed by atoms with Crippen LogP contribution >= 0.6 is 11.8 Å². The minimum absolute atomic E-state index is 0.0973. The Bertz CT molecular complexity index is 643.